The number of piperidine rings is 1. The van der Waals surface area contributed by atoms with Gasteiger partial charge in [0.25, 0.3) is 5.91 Å². The number of imidazole rings is 1. The summed E-state index contributed by atoms with van der Waals surface area (Å²) in [5.74, 6) is -0.543. The van der Waals surface area contributed by atoms with E-state index in [0.29, 0.717) is 42.1 Å². The largest absolute Gasteiger partial charge is 0.367 e. The van der Waals surface area contributed by atoms with Crippen LogP contribution >= 0.6 is 0 Å². The van der Waals surface area contributed by atoms with Gasteiger partial charge in [0.1, 0.15) is 34.5 Å². The summed E-state index contributed by atoms with van der Waals surface area (Å²) in [6.07, 6.45) is 8.17. The molecule has 17 heteroatoms. The highest BCUT2D eigenvalue weighted by molar-refractivity contribution is 6.01. The lowest BCUT2D eigenvalue weighted by Gasteiger charge is -2.49. The number of nitrogens with one attached hydrogen (secondary N) is 2. The third kappa shape index (κ3) is 6.13. The van der Waals surface area contributed by atoms with Gasteiger partial charge in [-0.05, 0) is 49.6 Å². The minimum Gasteiger partial charge on any atom is -0.367 e. The lowest BCUT2D eigenvalue weighted by atomic mass is 10.0. The van der Waals surface area contributed by atoms with Crippen LogP contribution in [0.3, 0.4) is 0 Å². The molecule has 3 amide bonds. The molecule has 0 bridgehead atoms. The molecule has 1 aliphatic carbocycles. The van der Waals surface area contributed by atoms with E-state index in [0.717, 1.165) is 74.3 Å². The summed E-state index contributed by atoms with van der Waals surface area (Å²) in [5, 5.41) is 6.38. The van der Waals surface area contributed by atoms with Crippen molar-refractivity contribution < 1.29 is 18.8 Å². The van der Waals surface area contributed by atoms with E-state index in [1.165, 1.54) is 15.2 Å². The maximum atomic E-state index is 15.4. The molecule has 1 aromatic carbocycles. The standard InChI is InChI=1S/C39H45FN12O4/c1-46(2)37(55)30-18-23-19-42-38(45-35(23)51(30)24-6-4-5-7-24)43-31-12-8-25(20-41-31)50-21-26(22-50)48-14-16-49(17-15-48)28-10-9-27(40)33-34(28)47(3)39(56)52(33)29-11-13-32(53)44-36(29)54/h8-10,12,18-20,24,26,29H,4-7,11,13-17,21-22H2,1-3H3,(H,44,53,54)(H,41,42,43,45)/t29-/m1/s1. The number of aromatic nitrogens is 6. The number of carbonyl (C=O) groups is 3. The summed E-state index contributed by atoms with van der Waals surface area (Å²) >= 11 is 0. The van der Waals surface area contributed by atoms with Gasteiger partial charge >= 0.3 is 5.69 Å². The lowest BCUT2D eigenvalue weighted by Crippen LogP contribution is -2.63. The number of nitrogens with zero attached hydrogens (tertiary/aromatic N) is 10. The highest BCUT2D eigenvalue weighted by Gasteiger charge is 2.36. The summed E-state index contributed by atoms with van der Waals surface area (Å²) in [5.41, 5.74) is 3.22. The third-order valence-corrected chi connectivity index (χ3v) is 11.9. The van der Waals surface area contributed by atoms with E-state index >= 15 is 4.39 Å². The fourth-order valence-corrected chi connectivity index (χ4v) is 8.91. The zero-order chi connectivity index (χ0) is 38.8. The quantitative estimate of drug-likeness (QED) is 0.224. The number of aryl methyl sites for hydroxylation is 1. The predicted octanol–water partition coefficient (Wildman–Crippen LogP) is 3.17. The summed E-state index contributed by atoms with van der Waals surface area (Å²) in [7, 11) is 5.13. The van der Waals surface area contributed by atoms with Crippen LogP contribution in [0.2, 0.25) is 0 Å². The molecule has 2 N–H and O–H groups in total. The maximum absolute atomic E-state index is 15.4. The van der Waals surface area contributed by atoms with Gasteiger partial charge < -0.3 is 24.6 Å². The Kier molecular flexibility index (Phi) is 8.98. The molecule has 292 valence electrons. The molecule has 3 aliphatic heterocycles. The van der Waals surface area contributed by atoms with Crippen molar-refractivity contribution in [2.24, 2.45) is 7.05 Å². The summed E-state index contributed by atoms with van der Waals surface area (Å²) < 4.78 is 20.1. The van der Waals surface area contributed by atoms with E-state index in [-0.39, 0.29) is 30.3 Å². The van der Waals surface area contributed by atoms with Crippen molar-refractivity contribution in [3.63, 3.8) is 0 Å². The first-order valence-corrected chi connectivity index (χ1v) is 19.4. The summed E-state index contributed by atoms with van der Waals surface area (Å²) in [4.78, 5) is 73.5. The predicted molar refractivity (Wildman–Crippen MR) is 209 cm³/mol. The molecule has 4 aromatic heterocycles. The van der Waals surface area contributed by atoms with Crippen molar-refractivity contribution in [1.29, 1.82) is 0 Å². The Balaban J connectivity index is 0.835. The van der Waals surface area contributed by atoms with Gasteiger partial charge in [-0.2, -0.15) is 4.98 Å². The van der Waals surface area contributed by atoms with Crippen molar-refractivity contribution in [2.75, 3.05) is 68.5 Å². The van der Waals surface area contributed by atoms with Crippen LogP contribution in [-0.2, 0) is 16.6 Å². The van der Waals surface area contributed by atoms with Crippen molar-refractivity contribution in [2.45, 2.75) is 56.7 Å². The Hall–Kier alpha value is -5.84. The number of carbonyl (C=O) groups excluding carboxylic acids is 3. The second kappa shape index (κ2) is 14.0. The van der Waals surface area contributed by atoms with Crippen LogP contribution in [0.25, 0.3) is 22.1 Å². The van der Waals surface area contributed by atoms with Crippen molar-refractivity contribution in [3.8, 4) is 0 Å². The molecule has 5 aromatic rings. The fraction of sp³-hybridized carbons (Fsp3) is 0.462. The van der Waals surface area contributed by atoms with E-state index in [1.807, 2.05) is 24.4 Å². The number of pyridine rings is 1. The number of hydrogen-bond donors (Lipinski definition) is 2. The summed E-state index contributed by atoms with van der Waals surface area (Å²) in [6, 6.07) is 8.60. The average molecular weight is 765 g/mol. The number of anilines is 4. The van der Waals surface area contributed by atoms with Gasteiger partial charge in [-0.3, -0.25) is 33.7 Å². The van der Waals surface area contributed by atoms with Gasteiger partial charge in [0.15, 0.2) is 0 Å². The molecule has 4 fully saturated rings. The first kappa shape index (κ1) is 35.8. The van der Waals surface area contributed by atoms with Gasteiger partial charge in [0.2, 0.25) is 17.8 Å². The SMILES string of the molecule is CN(C)C(=O)c1cc2cnc(Nc3ccc(N4CC(N5CCN(c6ccc(F)c7c6n(C)c(=O)n7[C@@H]6CCC(=O)NC6=O)CC5)C4)cn3)nc2n1C1CCCC1. The second-order valence-corrected chi connectivity index (χ2v) is 15.6. The Labute approximate surface area is 321 Å². The topological polar surface area (TPSA) is 159 Å². The van der Waals surface area contributed by atoms with Crippen LogP contribution in [0, 0.1) is 5.82 Å². The molecule has 56 heavy (non-hydrogen) atoms. The van der Waals surface area contributed by atoms with E-state index in [9.17, 15) is 19.2 Å². The van der Waals surface area contributed by atoms with Gasteiger partial charge in [0.05, 0.1) is 23.1 Å². The Morgan fingerprint density at radius 3 is 2.36 bits per heavy atom. The Morgan fingerprint density at radius 1 is 0.893 bits per heavy atom. The molecule has 4 aliphatic rings. The van der Waals surface area contributed by atoms with Gasteiger partial charge in [-0.1, -0.05) is 12.8 Å². The first-order chi connectivity index (χ1) is 27.0. The third-order valence-electron chi connectivity index (χ3n) is 11.9. The number of hydrogen-bond acceptors (Lipinski definition) is 11. The summed E-state index contributed by atoms with van der Waals surface area (Å²) in [6.45, 7) is 4.74. The van der Waals surface area contributed by atoms with Crippen LogP contribution < -0.4 is 26.1 Å². The molecule has 9 rings (SSSR count). The zero-order valence-corrected chi connectivity index (χ0v) is 31.7. The first-order valence-electron chi connectivity index (χ1n) is 19.4. The number of piperazine rings is 1. The zero-order valence-electron chi connectivity index (χ0n) is 31.7. The highest BCUT2D eigenvalue weighted by atomic mass is 19.1. The van der Waals surface area contributed by atoms with E-state index in [4.69, 9.17) is 4.98 Å². The van der Waals surface area contributed by atoms with Crippen LogP contribution in [0.5, 0.6) is 0 Å². The molecule has 1 saturated carbocycles. The minimum absolute atomic E-state index is 0.0431. The van der Waals surface area contributed by atoms with Crippen LogP contribution in [0.15, 0.2) is 47.5 Å². The molecule has 7 heterocycles. The number of fused-ring (bicyclic) bond motifs is 2. The molecule has 16 nitrogen and oxygen atoms in total. The number of imide groups is 1. The van der Waals surface area contributed by atoms with Crippen LogP contribution in [0.1, 0.15) is 61.1 Å². The Bertz CT molecular complexity index is 2420. The van der Waals surface area contributed by atoms with Crippen molar-refractivity contribution in [3.05, 3.63) is 64.7 Å². The number of benzene rings is 1. The minimum atomic E-state index is -0.950. The molecular weight excluding hydrogens is 720 g/mol. The number of halogens is 1. The van der Waals surface area contributed by atoms with Crippen molar-refractivity contribution in [1.82, 2.24) is 43.8 Å². The van der Waals surface area contributed by atoms with E-state index in [1.54, 1.807) is 38.3 Å². The molecule has 0 spiro atoms. The highest BCUT2D eigenvalue weighted by Crippen LogP contribution is 2.36. The molecule has 0 radical (unpaired) electrons. The molecule has 1 atom stereocenters. The van der Waals surface area contributed by atoms with Gasteiger partial charge in [-0.15, -0.1) is 0 Å². The molecular formula is C39H45FN12O4. The van der Waals surface area contributed by atoms with Crippen molar-refractivity contribution >= 4 is 62.9 Å². The van der Waals surface area contributed by atoms with Gasteiger partial charge in [0, 0.05) is 90.5 Å². The van der Waals surface area contributed by atoms with E-state index in [2.05, 4.69) is 39.9 Å². The van der Waals surface area contributed by atoms with E-state index < -0.39 is 29.4 Å². The van der Waals surface area contributed by atoms with Gasteiger partial charge in [-0.25, -0.2) is 19.2 Å². The lowest BCUT2D eigenvalue weighted by molar-refractivity contribution is -0.135. The Morgan fingerprint density at radius 2 is 1.66 bits per heavy atom. The average Bonchev–Trinajstić information content (AvgIpc) is 3.90. The molecule has 0 unspecified atom stereocenters. The monoisotopic (exact) mass is 764 g/mol. The number of rotatable bonds is 8. The second-order valence-electron chi connectivity index (χ2n) is 15.6. The number of amides is 3. The fourth-order valence-electron chi connectivity index (χ4n) is 8.91. The van der Waals surface area contributed by atoms with Crippen LogP contribution in [0.4, 0.5) is 27.5 Å². The van der Waals surface area contributed by atoms with Crippen LogP contribution in [-0.4, -0.2) is 116 Å². The molecule has 3 saturated heterocycles. The normalized spacial score (nSPS) is 19.9. The maximum Gasteiger partial charge on any atom is 0.329 e. The smallest absolute Gasteiger partial charge is 0.329 e.